The zero-order valence-electron chi connectivity index (χ0n) is 11.8. The van der Waals surface area contributed by atoms with Crippen molar-refractivity contribution in [3.8, 4) is 0 Å². The van der Waals surface area contributed by atoms with Crippen LogP contribution in [-0.4, -0.2) is 14.8 Å². The molecule has 0 spiro atoms. The van der Waals surface area contributed by atoms with Crippen LogP contribution in [0.5, 0.6) is 0 Å². The van der Waals surface area contributed by atoms with Crippen LogP contribution in [0, 0.1) is 0 Å². The van der Waals surface area contributed by atoms with E-state index in [2.05, 4.69) is 29.4 Å². The molecular weight excluding hydrogens is 274 g/mol. The lowest BCUT2D eigenvalue weighted by atomic mass is 10.0. The van der Waals surface area contributed by atoms with E-state index in [1.54, 1.807) is 6.20 Å². The van der Waals surface area contributed by atoms with Crippen LogP contribution in [-0.2, 0) is 6.42 Å². The molecule has 2 aromatic rings. The molecule has 0 amide bonds. The molecule has 2 heterocycles. The SMILES string of the molecule is CCC(C)n1ccc(CC(NN)c2ccnc(Cl)c2)n1. The molecule has 2 rings (SSSR count). The third-order valence-electron chi connectivity index (χ3n) is 3.47. The molecule has 5 nitrogen and oxygen atoms in total. The van der Waals surface area contributed by atoms with Crippen LogP contribution in [0.25, 0.3) is 0 Å². The summed E-state index contributed by atoms with van der Waals surface area (Å²) in [4.78, 5) is 3.98. The topological polar surface area (TPSA) is 68.8 Å². The molecule has 0 radical (unpaired) electrons. The highest BCUT2D eigenvalue weighted by Gasteiger charge is 2.14. The van der Waals surface area contributed by atoms with Gasteiger partial charge in [0.1, 0.15) is 5.15 Å². The molecular formula is C14H20ClN5. The van der Waals surface area contributed by atoms with Crippen LogP contribution in [0.2, 0.25) is 5.15 Å². The Morgan fingerprint density at radius 2 is 2.25 bits per heavy atom. The van der Waals surface area contributed by atoms with E-state index in [-0.39, 0.29) is 6.04 Å². The predicted molar refractivity (Wildman–Crippen MR) is 80.2 cm³/mol. The van der Waals surface area contributed by atoms with Crippen molar-refractivity contribution in [2.75, 3.05) is 0 Å². The van der Waals surface area contributed by atoms with Gasteiger partial charge in [0.25, 0.3) is 0 Å². The molecule has 0 aliphatic rings. The number of hydrogen-bond acceptors (Lipinski definition) is 4. The first-order chi connectivity index (χ1) is 9.63. The summed E-state index contributed by atoms with van der Waals surface area (Å²) < 4.78 is 1.99. The average molecular weight is 294 g/mol. The van der Waals surface area contributed by atoms with Crippen molar-refractivity contribution < 1.29 is 0 Å². The molecule has 0 saturated heterocycles. The Balaban J connectivity index is 2.12. The molecule has 3 N–H and O–H groups in total. The van der Waals surface area contributed by atoms with Gasteiger partial charge in [0.2, 0.25) is 0 Å². The summed E-state index contributed by atoms with van der Waals surface area (Å²) in [6.07, 6.45) is 5.45. The maximum atomic E-state index is 5.91. The minimum absolute atomic E-state index is 0.0317. The van der Waals surface area contributed by atoms with Crippen LogP contribution >= 0.6 is 11.6 Å². The van der Waals surface area contributed by atoms with E-state index in [1.807, 2.05) is 29.1 Å². The second-order valence-electron chi connectivity index (χ2n) is 4.88. The highest BCUT2D eigenvalue weighted by atomic mass is 35.5. The number of pyridine rings is 1. The lowest BCUT2D eigenvalue weighted by molar-refractivity contribution is 0.467. The van der Waals surface area contributed by atoms with Gasteiger partial charge in [0, 0.05) is 24.9 Å². The Morgan fingerprint density at radius 1 is 1.45 bits per heavy atom. The number of hydrazine groups is 1. The van der Waals surface area contributed by atoms with Gasteiger partial charge in [-0.1, -0.05) is 18.5 Å². The Labute approximate surface area is 124 Å². The van der Waals surface area contributed by atoms with E-state index in [0.29, 0.717) is 17.6 Å². The van der Waals surface area contributed by atoms with Gasteiger partial charge in [-0.05, 0) is 37.1 Å². The fourth-order valence-corrected chi connectivity index (χ4v) is 2.22. The Bertz CT molecular complexity index is 554. The highest BCUT2D eigenvalue weighted by molar-refractivity contribution is 6.29. The smallest absolute Gasteiger partial charge is 0.129 e. The standard InChI is InChI=1S/C14H20ClN5/c1-3-10(2)20-7-5-12(19-20)9-13(18-16)11-4-6-17-14(15)8-11/h4-8,10,13,18H,3,9,16H2,1-2H3. The van der Waals surface area contributed by atoms with Crippen LogP contribution in [0.4, 0.5) is 0 Å². The van der Waals surface area contributed by atoms with E-state index < -0.39 is 0 Å². The Kier molecular flexibility index (Phi) is 5.11. The first-order valence-electron chi connectivity index (χ1n) is 6.75. The summed E-state index contributed by atoms with van der Waals surface area (Å²) in [5.74, 6) is 5.65. The predicted octanol–water partition coefficient (Wildman–Crippen LogP) is 2.65. The van der Waals surface area contributed by atoms with Gasteiger partial charge in [-0.2, -0.15) is 5.10 Å². The number of rotatable bonds is 6. The molecule has 0 fully saturated rings. The lowest BCUT2D eigenvalue weighted by Crippen LogP contribution is -2.29. The van der Waals surface area contributed by atoms with Crippen molar-refractivity contribution in [1.82, 2.24) is 20.2 Å². The second-order valence-corrected chi connectivity index (χ2v) is 5.27. The van der Waals surface area contributed by atoms with E-state index >= 15 is 0 Å². The van der Waals surface area contributed by atoms with Gasteiger partial charge in [-0.15, -0.1) is 0 Å². The molecule has 2 unspecified atom stereocenters. The van der Waals surface area contributed by atoms with Crippen molar-refractivity contribution in [2.24, 2.45) is 5.84 Å². The van der Waals surface area contributed by atoms with Gasteiger partial charge in [-0.25, -0.2) is 4.98 Å². The average Bonchev–Trinajstić information content (AvgIpc) is 2.92. The monoisotopic (exact) mass is 293 g/mol. The number of aromatic nitrogens is 3. The zero-order chi connectivity index (χ0) is 14.5. The summed E-state index contributed by atoms with van der Waals surface area (Å²) in [5.41, 5.74) is 4.82. The minimum atomic E-state index is -0.0317. The second kappa shape index (κ2) is 6.83. The van der Waals surface area contributed by atoms with E-state index in [1.165, 1.54) is 0 Å². The molecule has 6 heteroatoms. The number of nitrogens with one attached hydrogen (secondary N) is 1. The summed E-state index contributed by atoms with van der Waals surface area (Å²) >= 11 is 5.91. The van der Waals surface area contributed by atoms with E-state index in [4.69, 9.17) is 17.4 Å². The Hall–Kier alpha value is -1.43. The summed E-state index contributed by atoms with van der Waals surface area (Å²) in [5, 5.41) is 5.05. The quantitative estimate of drug-likeness (QED) is 0.488. The van der Waals surface area contributed by atoms with E-state index in [9.17, 15) is 0 Å². The van der Waals surface area contributed by atoms with Crippen LogP contribution in [0.15, 0.2) is 30.6 Å². The van der Waals surface area contributed by atoms with Crippen molar-refractivity contribution >= 4 is 11.6 Å². The highest BCUT2D eigenvalue weighted by Crippen LogP contribution is 2.19. The molecule has 108 valence electrons. The molecule has 0 saturated carbocycles. The largest absolute Gasteiger partial charge is 0.271 e. The van der Waals surface area contributed by atoms with Gasteiger partial charge in [-0.3, -0.25) is 16.0 Å². The first-order valence-corrected chi connectivity index (χ1v) is 7.13. The molecule has 0 aliphatic carbocycles. The van der Waals surface area contributed by atoms with Crippen LogP contribution in [0.3, 0.4) is 0 Å². The summed E-state index contributed by atoms with van der Waals surface area (Å²) in [7, 11) is 0. The first kappa shape index (κ1) is 15.0. The molecule has 20 heavy (non-hydrogen) atoms. The third kappa shape index (κ3) is 3.56. The normalized spacial score (nSPS) is 14.2. The van der Waals surface area contributed by atoms with Crippen molar-refractivity contribution in [3.05, 3.63) is 47.0 Å². The van der Waals surface area contributed by atoms with Crippen molar-refractivity contribution in [1.29, 1.82) is 0 Å². The molecule has 2 aromatic heterocycles. The molecule has 0 aromatic carbocycles. The van der Waals surface area contributed by atoms with Crippen LogP contribution in [0.1, 0.15) is 43.6 Å². The van der Waals surface area contributed by atoms with Gasteiger partial charge >= 0.3 is 0 Å². The number of nitrogens with zero attached hydrogens (tertiary/aromatic N) is 3. The number of hydrogen-bond donors (Lipinski definition) is 2. The molecule has 0 bridgehead atoms. The fourth-order valence-electron chi connectivity index (χ4n) is 2.04. The lowest BCUT2D eigenvalue weighted by Gasteiger charge is -2.15. The number of nitrogens with two attached hydrogens (primary N) is 1. The van der Waals surface area contributed by atoms with Crippen molar-refractivity contribution in [3.63, 3.8) is 0 Å². The molecule has 0 aliphatic heterocycles. The van der Waals surface area contributed by atoms with Gasteiger partial charge < -0.3 is 0 Å². The van der Waals surface area contributed by atoms with Crippen molar-refractivity contribution in [2.45, 2.75) is 38.8 Å². The minimum Gasteiger partial charge on any atom is -0.271 e. The molecule has 2 atom stereocenters. The van der Waals surface area contributed by atoms with Crippen LogP contribution < -0.4 is 11.3 Å². The summed E-state index contributed by atoms with van der Waals surface area (Å²) in [6.45, 7) is 4.30. The maximum Gasteiger partial charge on any atom is 0.129 e. The fraction of sp³-hybridized carbons (Fsp3) is 0.429. The zero-order valence-corrected chi connectivity index (χ0v) is 12.5. The number of halogens is 1. The van der Waals surface area contributed by atoms with E-state index in [0.717, 1.165) is 17.7 Å². The Morgan fingerprint density at radius 3 is 2.90 bits per heavy atom. The maximum absolute atomic E-state index is 5.91. The summed E-state index contributed by atoms with van der Waals surface area (Å²) in [6, 6.07) is 6.12. The van der Waals surface area contributed by atoms with Gasteiger partial charge in [0.15, 0.2) is 0 Å². The third-order valence-corrected chi connectivity index (χ3v) is 3.68. The van der Waals surface area contributed by atoms with Gasteiger partial charge in [0.05, 0.1) is 11.7 Å².